The Kier molecular flexibility index (Phi) is 5.20. The molecule has 0 atom stereocenters. The third-order valence-corrected chi connectivity index (χ3v) is 4.71. The monoisotopic (exact) mass is 349 g/mol. The van der Waals surface area contributed by atoms with Crippen LogP contribution < -0.4 is 9.47 Å². The molecule has 1 aromatic heterocycles. The van der Waals surface area contributed by atoms with Gasteiger partial charge in [0.05, 0.1) is 20.9 Å². The lowest BCUT2D eigenvalue weighted by Crippen LogP contribution is -2.34. The van der Waals surface area contributed by atoms with Crippen molar-refractivity contribution in [1.29, 1.82) is 0 Å². The zero-order chi connectivity index (χ0) is 17.1. The molecule has 0 radical (unpaired) electrons. The van der Waals surface area contributed by atoms with Crippen LogP contribution in [0.4, 0.5) is 0 Å². The number of hydrogen-bond donors (Lipinski definition) is 0. The number of aromatic nitrogens is 2. The summed E-state index contributed by atoms with van der Waals surface area (Å²) in [5.74, 6) is 2.64. The van der Waals surface area contributed by atoms with Gasteiger partial charge in [0, 0.05) is 24.7 Å². The predicted octanol–water partition coefficient (Wildman–Crippen LogP) is 3.58. The maximum atomic E-state index is 5.69. The van der Waals surface area contributed by atoms with Gasteiger partial charge in [-0.15, -0.1) is 5.10 Å². The second-order valence-electron chi connectivity index (χ2n) is 6.22. The van der Waals surface area contributed by atoms with Crippen molar-refractivity contribution in [1.82, 2.24) is 14.7 Å². The Labute approximate surface area is 147 Å². The summed E-state index contributed by atoms with van der Waals surface area (Å²) in [7, 11) is 3.23. The van der Waals surface area contributed by atoms with Gasteiger partial charge in [-0.1, -0.05) is 6.92 Å². The molecule has 130 valence electrons. The van der Waals surface area contributed by atoms with Crippen LogP contribution in [-0.4, -0.2) is 42.0 Å². The molecule has 0 bridgehead atoms. The minimum Gasteiger partial charge on any atom is -0.497 e. The summed E-state index contributed by atoms with van der Waals surface area (Å²) >= 11 is 5.33. The molecule has 7 heteroatoms. The lowest BCUT2D eigenvalue weighted by molar-refractivity contribution is 0.144. The summed E-state index contributed by atoms with van der Waals surface area (Å²) < 4.78 is 18.0. The largest absolute Gasteiger partial charge is 0.497 e. The Morgan fingerprint density at radius 2 is 1.79 bits per heavy atom. The molecular formula is C17H23N3O3S. The van der Waals surface area contributed by atoms with Crippen molar-refractivity contribution in [3.63, 3.8) is 0 Å². The first-order chi connectivity index (χ1) is 11.6. The molecule has 0 saturated carbocycles. The number of nitrogens with zero attached hydrogens (tertiary/aromatic N) is 3. The minimum absolute atomic E-state index is 0.380. The minimum atomic E-state index is 0.380. The van der Waals surface area contributed by atoms with E-state index >= 15 is 0 Å². The number of benzene rings is 1. The van der Waals surface area contributed by atoms with Crippen molar-refractivity contribution in [2.45, 2.75) is 26.4 Å². The number of piperidine rings is 1. The number of ether oxygens (including phenoxy) is 2. The molecule has 1 aromatic carbocycles. The topological polar surface area (TPSA) is 52.7 Å². The zero-order valence-electron chi connectivity index (χ0n) is 14.3. The highest BCUT2D eigenvalue weighted by atomic mass is 32.1. The van der Waals surface area contributed by atoms with Crippen LogP contribution in [0.25, 0.3) is 11.5 Å². The number of likely N-dealkylation sites (tertiary alicyclic amines) is 1. The summed E-state index contributed by atoms with van der Waals surface area (Å²) in [5.41, 5.74) is 0.781. The highest BCUT2D eigenvalue weighted by molar-refractivity contribution is 7.71. The van der Waals surface area contributed by atoms with Crippen LogP contribution >= 0.6 is 12.2 Å². The van der Waals surface area contributed by atoms with Crippen LogP contribution in [0.5, 0.6) is 11.5 Å². The second-order valence-corrected chi connectivity index (χ2v) is 6.57. The number of rotatable bonds is 5. The van der Waals surface area contributed by atoms with Gasteiger partial charge >= 0.3 is 0 Å². The summed E-state index contributed by atoms with van der Waals surface area (Å²) in [4.78, 5) is 2.74. The van der Waals surface area contributed by atoms with Gasteiger partial charge in [-0.2, -0.15) is 0 Å². The first-order valence-corrected chi connectivity index (χ1v) is 8.53. The van der Waals surface area contributed by atoms with Crippen LogP contribution in [-0.2, 0) is 6.67 Å². The molecule has 0 unspecified atom stereocenters. The van der Waals surface area contributed by atoms with E-state index in [0.717, 1.165) is 24.6 Å². The fourth-order valence-corrected chi connectivity index (χ4v) is 3.01. The molecule has 2 heterocycles. The Bertz CT molecular complexity index is 726. The molecule has 24 heavy (non-hydrogen) atoms. The van der Waals surface area contributed by atoms with E-state index in [2.05, 4.69) is 16.9 Å². The van der Waals surface area contributed by atoms with E-state index < -0.39 is 0 Å². The van der Waals surface area contributed by atoms with E-state index in [0.29, 0.717) is 28.9 Å². The van der Waals surface area contributed by atoms with Crippen LogP contribution in [0.1, 0.15) is 19.8 Å². The van der Waals surface area contributed by atoms with E-state index in [9.17, 15) is 0 Å². The summed E-state index contributed by atoms with van der Waals surface area (Å²) in [5, 5.41) is 4.54. The van der Waals surface area contributed by atoms with Crippen molar-refractivity contribution in [3.8, 4) is 23.0 Å². The van der Waals surface area contributed by atoms with Crippen LogP contribution in [0, 0.1) is 10.8 Å². The molecule has 1 fully saturated rings. The molecule has 0 spiro atoms. The molecule has 6 nitrogen and oxygen atoms in total. The average Bonchev–Trinajstić information content (AvgIpc) is 2.97. The summed E-state index contributed by atoms with van der Waals surface area (Å²) in [6, 6.07) is 5.52. The molecular weight excluding hydrogens is 326 g/mol. The van der Waals surface area contributed by atoms with Gasteiger partial charge in [0.2, 0.25) is 5.89 Å². The Morgan fingerprint density at radius 3 is 2.38 bits per heavy atom. The highest BCUT2D eigenvalue weighted by Gasteiger charge is 2.18. The second kappa shape index (κ2) is 7.36. The van der Waals surface area contributed by atoms with Crippen LogP contribution in [0.3, 0.4) is 0 Å². The van der Waals surface area contributed by atoms with Gasteiger partial charge in [-0.05, 0) is 43.1 Å². The highest BCUT2D eigenvalue weighted by Crippen LogP contribution is 2.29. The summed E-state index contributed by atoms with van der Waals surface area (Å²) in [6.45, 7) is 5.10. The Morgan fingerprint density at radius 1 is 1.17 bits per heavy atom. The third-order valence-electron chi connectivity index (χ3n) is 4.41. The molecule has 0 aliphatic carbocycles. The van der Waals surface area contributed by atoms with Gasteiger partial charge in [0.1, 0.15) is 11.5 Å². The lowest BCUT2D eigenvalue weighted by atomic mass is 10.00. The summed E-state index contributed by atoms with van der Waals surface area (Å²) in [6.07, 6.45) is 2.43. The maximum Gasteiger partial charge on any atom is 0.288 e. The van der Waals surface area contributed by atoms with Gasteiger partial charge in [0.15, 0.2) is 0 Å². The van der Waals surface area contributed by atoms with E-state index in [-0.39, 0.29) is 0 Å². The fraction of sp³-hybridized carbons (Fsp3) is 0.529. The van der Waals surface area contributed by atoms with E-state index in [1.165, 1.54) is 12.8 Å². The van der Waals surface area contributed by atoms with Crippen molar-refractivity contribution < 1.29 is 13.9 Å². The third kappa shape index (κ3) is 3.79. The van der Waals surface area contributed by atoms with Crippen molar-refractivity contribution in [3.05, 3.63) is 23.0 Å². The lowest BCUT2D eigenvalue weighted by Gasteiger charge is -2.29. The molecule has 0 N–H and O–H groups in total. The standard InChI is InChI=1S/C17H23N3O3S/c1-12-4-6-19(7-5-12)11-20-17(24)23-16(18-20)13-8-14(21-2)10-15(9-13)22-3/h8-10,12H,4-7,11H2,1-3H3. The molecule has 1 aliphatic rings. The van der Waals surface area contributed by atoms with Crippen LogP contribution in [0.15, 0.2) is 22.6 Å². The molecule has 1 saturated heterocycles. The SMILES string of the molecule is COc1cc(OC)cc(-c2nn(CN3CCC(C)CC3)c(=S)o2)c1. The molecule has 1 aliphatic heterocycles. The Balaban J connectivity index is 1.82. The average molecular weight is 349 g/mol. The van der Waals surface area contributed by atoms with Gasteiger partial charge < -0.3 is 13.9 Å². The number of hydrogen-bond acceptors (Lipinski definition) is 6. The molecule has 3 rings (SSSR count). The quantitative estimate of drug-likeness (QED) is 0.769. The fourth-order valence-electron chi connectivity index (χ4n) is 2.84. The van der Waals surface area contributed by atoms with Crippen LogP contribution in [0.2, 0.25) is 0 Å². The zero-order valence-corrected chi connectivity index (χ0v) is 15.1. The normalized spacial score (nSPS) is 16.3. The first kappa shape index (κ1) is 17.0. The smallest absolute Gasteiger partial charge is 0.288 e. The van der Waals surface area contributed by atoms with Gasteiger partial charge in [-0.3, -0.25) is 4.90 Å². The van der Waals surface area contributed by atoms with E-state index in [1.807, 2.05) is 18.2 Å². The molecule has 0 amide bonds. The Hall–Kier alpha value is -1.86. The van der Waals surface area contributed by atoms with Crippen molar-refractivity contribution in [2.24, 2.45) is 5.92 Å². The van der Waals surface area contributed by atoms with Crippen molar-refractivity contribution >= 4 is 12.2 Å². The predicted molar refractivity (Wildman–Crippen MR) is 93.8 cm³/mol. The number of methoxy groups -OCH3 is 2. The van der Waals surface area contributed by atoms with E-state index in [4.69, 9.17) is 26.1 Å². The van der Waals surface area contributed by atoms with Crippen molar-refractivity contribution in [2.75, 3.05) is 27.3 Å². The van der Waals surface area contributed by atoms with Gasteiger partial charge in [-0.25, -0.2) is 4.68 Å². The molecule has 2 aromatic rings. The first-order valence-electron chi connectivity index (χ1n) is 8.13. The maximum absolute atomic E-state index is 5.69. The van der Waals surface area contributed by atoms with E-state index in [1.54, 1.807) is 18.9 Å². The van der Waals surface area contributed by atoms with Gasteiger partial charge in [0.25, 0.3) is 4.84 Å².